The van der Waals surface area contributed by atoms with Crippen molar-refractivity contribution in [3.05, 3.63) is 24.3 Å². The third kappa shape index (κ3) is 39.5. The molecule has 0 heterocycles. The van der Waals surface area contributed by atoms with Crippen molar-refractivity contribution in [2.45, 2.75) is 194 Å². The zero-order chi connectivity index (χ0) is 32.8. The van der Waals surface area contributed by atoms with E-state index in [1.54, 1.807) is 0 Å². The monoisotopic (exact) mass is 635 g/mol. The number of likely N-dealkylation sites (N-methyl/N-ethyl adjacent to an activating group) is 1. The van der Waals surface area contributed by atoms with Gasteiger partial charge in [-0.15, -0.1) is 0 Å². The standard InChI is InChI=1S/C42H84NO2/c1-5-7-9-11-13-15-17-19-21-23-25-27-29-31-33-35-39-44-41-37-43(3,4)38-42-45-40-36-34-32-30-28-26-24-22-20-18-16-14-12-10-8-6-2/h19-22H,5-18,23-42H2,1-4H3/q+1/b21-19+,22-20+. The lowest BCUT2D eigenvalue weighted by Gasteiger charge is -2.29. The van der Waals surface area contributed by atoms with Crippen LogP contribution in [0.25, 0.3) is 0 Å². The first-order valence-corrected chi connectivity index (χ1v) is 20.4. The molecule has 0 unspecified atom stereocenters. The third-order valence-corrected chi connectivity index (χ3v) is 9.28. The quantitative estimate of drug-likeness (QED) is 0.0382. The Kier molecular flexibility index (Phi) is 37.3. The van der Waals surface area contributed by atoms with Crippen molar-refractivity contribution in [2.75, 3.05) is 53.6 Å². The Morgan fingerprint density at radius 1 is 0.333 bits per heavy atom. The average molecular weight is 635 g/mol. The van der Waals surface area contributed by atoms with Gasteiger partial charge in [0.05, 0.1) is 27.3 Å². The van der Waals surface area contributed by atoms with Gasteiger partial charge in [0, 0.05) is 13.2 Å². The Bertz CT molecular complexity index is 550. The van der Waals surface area contributed by atoms with Crippen LogP contribution in [0.4, 0.5) is 0 Å². The van der Waals surface area contributed by atoms with Crippen molar-refractivity contribution < 1.29 is 14.0 Å². The molecular formula is C42H84NO2+. The molecule has 0 aliphatic heterocycles. The number of hydrogen-bond acceptors (Lipinski definition) is 2. The van der Waals surface area contributed by atoms with E-state index in [0.717, 1.165) is 44.0 Å². The number of ether oxygens (including phenoxy) is 2. The van der Waals surface area contributed by atoms with Crippen molar-refractivity contribution in [1.82, 2.24) is 0 Å². The molecule has 0 radical (unpaired) electrons. The van der Waals surface area contributed by atoms with Crippen LogP contribution in [0.5, 0.6) is 0 Å². The van der Waals surface area contributed by atoms with E-state index in [2.05, 4.69) is 52.2 Å². The predicted octanol–water partition coefficient (Wildman–Crippen LogP) is 13.2. The van der Waals surface area contributed by atoms with Crippen LogP contribution in [0.3, 0.4) is 0 Å². The lowest BCUT2D eigenvalue weighted by Crippen LogP contribution is -2.44. The topological polar surface area (TPSA) is 18.5 Å². The molecule has 0 bridgehead atoms. The largest absolute Gasteiger partial charge is 0.376 e. The summed E-state index contributed by atoms with van der Waals surface area (Å²) < 4.78 is 12.9. The van der Waals surface area contributed by atoms with Crippen LogP contribution < -0.4 is 0 Å². The molecular weight excluding hydrogens is 550 g/mol. The molecule has 0 aromatic heterocycles. The number of rotatable bonds is 38. The number of nitrogens with zero attached hydrogens (tertiary/aromatic N) is 1. The molecule has 0 rings (SSSR count). The first kappa shape index (κ1) is 44.4. The van der Waals surface area contributed by atoms with Gasteiger partial charge >= 0.3 is 0 Å². The van der Waals surface area contributed by atoms with Gasteiger partial charge in [0.25, 0.3) is 0 Å². The lowest BCUT2D eigenvalue weighted by atomic mass is 10.1. The lowest BCUT2D eigenvalue weighted by molar-refractivity contribution is -0.891. The SMILES string of the molecule is CCCCCCCC/C=C/CCCCCCCCOCC[N+](C)(C)CCOCCCCCCCC/C=C/CCCCCCCC. The summed E-state index contributed by atoms with van der Waals surface area (Å²) in [4.78, 5) is 0. The molecule has 0 aromatic rings. The third-order valence-electron chi connectivity index (χ3n) is 9.28. The Labute approximate surface area is 285 Å². The summed E-state index contributed by atoms with van der Waals surface area (Å²) in [6, 6.07) is 0. The van der Waals surface area contributed by atoms with E-state index in [1.165, 1.54) is 180 Å². The van der Waals surface area contributed by atoms with Crippen molar-refractivity contribution >= 4 is 0 Å². The summed E-state index contributed by atoms with van der Waals surface area (Å²) in [7, 11) is 4.61. The maximum absolute atomic E-state index is 5.96. The van der Waals surface area contributed by atoms with Gasteiger partial charge in [0.1, 0.15) is 13.1 Å². The predicted molar refractivity (Wildman–Crippen MR) is 202 cm³/mol. The second kappa shape index (κ2) is 37.8. The molecule has 45 heavy (non-hydrogen) atoms. The molecule has 0 aromatic carbocycles. The molecule has 0 aliphatic rings. The first-order chi connectivity index (χ1) is 22.1. The molecule has 0 saturated carbocycles. The minimum atomic E-state index is 0.868. The molecule has 0 spiro atoms. The van der Waals surface area contributed by atoms with E-state index in [9.17, 15) is 0 Å². The summed E-state index contributed by atoms with van der Waals surface area (Å²) in [5, 5.41) is 0. The molecule has 0 atom stereocenters. The minimum Gasteiger partial charge on any atom is -0.376 e. The van der Waals surface area contributed by atoms with Crippen molar-refractivity contribution in [3.63, 3.8) is 0 Å². The van der Waals surface area contributed by atoms with E-state index in [4.69, 9.17) is 9.47 Å². The van der Waals surface area contributed by atoms with Gasteiger partial charge in [0.2, 0.25) is 0 Å². The van der Waals surface area contributed by atoms with Crippen LogP contribution >= 0.6 is 0 Å². The van der Waals surface area contributed by atoms with Gasteiger partial charge < -0.3 is 14.0 Å². The van der Waals surface area contributed by atoms with Crippen LogP contribution in [-0.2, 0) is 9.47 Å². The van der Waals surface area contributed by atoms with E-state index in [-0.39, 0.29) is 0 Å². The van der Waals surface area contributed by atoms with Gasteiger partial charge in [0.15, 0.2) is 0 Å². The highest BCUT2D eigenvalue weighted by atomic mass is 16.5. The van der Waals surface area contributed by atoms with Crippen LogP contribution in [0.15, 0.2) is 24.3 Å². The van der Waals surface area contributed by atoms with E-state index in [0.29, 0.717) is 0 Å². The summed E-state index contributed by atoms with van der Waals surface area (Å²) in [5.74, 6) is 0. The fraction of sp³-hybridized carbons (Fsp3) is 0.905. The Balaban J connectivity index is 3.32. The number of hydrogen-bond donors (Lipinski definition) is 0. The summed E-state index contributed by atoms with van der Waals surface area (Å²) in [6.07, 6.45) is 47.7. The van der Waals surface area contributed by atoms with Gasteiger partial charge in [-0.1, -0.05) is 154 Å². The second-order valence-corrected chi connectivity index (χ2v) is 14.5. The fourth-order valence-electron chi connectivity index (χ4n) is 5.84. The molecule has 268 valence electrons. The van der Waals surface area contributed by atoms with Crippen LogP contribution in [0.2, 0.25) is 0 Å². The number of unbranched alkanes of at least 4 members (excludes halogenated alkanes) is 24. The Hall–Kier alpha value is -0.640. The first-order valence-electron chi connectivity index (χ1n) is 20.4. The molecule has 0 amide bonds. The Morgan fingerprint density at radius 3 is 0.911 bits per heavy atom. The van der Waals surface area contributed by atoms with Crippen molar-refractivity contribution in [2.24, 2.45) is 0 Å². The average Bonchev–Trinajstić information content (AvgIpc) is 3.03. The maximum Gasteiger partial charge on any atom is 0.102 e. The fourth-order valence-corrected chi connectivity index (χ4v) is 5.84. The zero-order valence-electron chi connectivity index (χ0n) is 31.6. The zero-order valence-corrected chi connectivity index (χ0v) is 31.6. The van der Waals surface area contributed by atoms with Crippen LogP contribution in [0.1, 0.15) is 194 Å². The summed E-state index contributed by atoms with van der Waals surface area (Å²) >= 11 is 0. The minimum absolute atomic E-state index is 0.868. The van der Waals surface area contributed by atoms with Crippen LogP contribution in [-0.4, -0.2) is 58.1 Å². The van der Waals surface area contributed by atoms with Gasteiger partial charge in [-0.05, 0) is 64.2 Å². The van der Waals surface area contributed by atoms with Crippen molar-refractivity contribution in [3.8, 4) is 0 Å². The maximum atomic E-state index is 5.96. The van der Waals surface area contributed by atoms with Gasteiger partial charge in [-0.25, -0.2) is 0 Å². The van der Waals surface area contributed by atoms with Gasteiger partial charge in [-0.3, -0.25) is 0 Å². The van der Waals surface area contributed by atoms with Crippen LogP contribution in [0, 0.1) is 0 Å². The highest BCUT2D eigenvalue weighted by Gasteiger charge is 2.14. The Morgan fingerprint density at radius 2 is 0.600 bits per heavy atom. The summed E-state index contributed by atoms with van der Waals surface area (Å²) in [5.41, 5.74) is 0. The molecule has 0 fully saturated rings. The molecule has 0 N–H and O–H groups in total. The van der Waals surface area contributed by atoms with E-state index in [1.807, 2.05) is 0 Å². The highest BCUT2D eigenvalue weighted by molar-refractivity contribution is 4.82. The summed E-state index contributed by atoms with van der Waals surface area (Å²) in [6.45, 7) is 10.3. The highest BCUT2D eigenvalue weighted by Crippen LogP contribution is 2.12. The van der Waals surface area contributed by atoms with Crippen molar-refractivity contribution in [1.29, 1.82) is 0 Å². The molecule has 0 aliphatic carbocycles. The molecule has 0 saturated heterocycles. The molecule has 3 heteroatoms. The van der Waals surface area contributed by atoms with E-state index >= 15 is 0 Å². The van der Waals surface area contributed by atoms with Gasteiger partial charge in [-0.2, -0.15) is 0 Å². The number of allylic oxidation sites excluding steroid dienone is 4. The smallest absolute Gasteiger partial charge is 0.102 e. The normalized spacial score (nSPS) is 12.4. The number of quaternary nitrogens is 1. The molecule has 3 nitrogen and oxygen atoms in total. The van der Waals surface area contributed by atoms with E-state index < -0.39 is 0 Å². The second-order valence-electron chi connectivity index (χ2n) is 14.5.